The van der Waals surface area contributed by atoms with E-state index in [1.54, 1.807) is 4.90 Å². The Kier molecular flexibility index (Phi) is 6.65. The molecule has 1 aliphatic heterocycles. The molecule has 1 N–H and O–H groups in total. The second-order valence-corrected chi connectivity index (χ2v) is 8.23. The number of hydrogen-bond donors (Lipinski definition) is 1. The van der Waals surface area contributed by atoms with Gasteiger partial charge in [0.15, 0.2) is 0 Å². The minimum Gasteiger partial charge on any atom is -0.469 e. The van der Waals surface area contributed by atoms with Crippen molar-refractivity contribution < 1.29 is 23.1 Å². The van der Waals surface area contributed by atoms with Crippen molar-refractivity contribution in [2.24, 2.45) is 5.92 Å². The van der Waals surface area contributed by atoms with Gasteiger partial charge in [0, 0.05) is 18.7 Å². The van der Waals surface area contributed by atoms with Crippen molar-refractivity contribution in [2.75, 3.05) is 20.2 Å². The molecule has 2 atom stereocenters. The number of ether oxygens (including phenoxy) is 1. The first kappa shape index (κ1) is 22.1. The molecular weight excluding hydrogens is 414 g/mol. The number of carbonyl (C=O) groups excluding carboxylic acids is 2. The van der Waals surface area contributed by atoms with Gasteiger partial charge in [-0.3, -0.25) is 9.59 Å². The first-order chi connectivity index (χ1) is 15.5. The average molecular weight is 440 g/mol. The van der Waals surface area contributed by atoms with Crippen molar-refractivity contribution in [1.29, 1.82) is 0 Å². The fraction of sp³-hybridized carbons (Fsp3) is 0.360. The molecule has 5 nitrogen and oxygen atoms in total. The minimum absolute atomic E-state index is 0.103. The van der Waals surface area contributed by atoms with E-state index in [4.69, 9.17) is 0 Å². The summed E-state index contributed by atoms with van der Waals surface area (Å²) in [5, 5.41) is 3.22. The van der Waals surface area contributed by atoms with Crippen LogP contribution in [0, 0.1) is 17.6 Å². The normalized spacial score (nSPS) is 18.9. The summed E-state index contributed by atoms with van der Waals surface area (Å²) in [6.07, 6.45) is 3.88. The van der Waals surface area contributed by atoms with E-state index in [1.807, 2.05) is 36.4 Å². The Morgan fingerprint density at radius 1 is 1.16 bits per heavy atom. The van der Waals surface area contributed by atoms with E-state index in [2.05, 4.69) is 10.1 Å². The highest BCUT2D eigenvalue weighted by Gasteiger charge is 2.41. The highest BCUT2D eigenvalue weighted by atomic mass is 19.1. The Hall–Kier alpha value is -3.06. The molecule has 2 aliphatic rings. The lowest BCUT2D eigenvalue weighted by Gasteiger charge is -2.30. The molecule has 0 spiro atoms. The second kappa shape index (κ2) is 9.61. The van der Waals surface area contributed by atoms with Gasteiger partial charge in [0.2, 0.25) is 5.91 Å². The maximum Gasteiger partial charge on any atom is 0.306 e. The van der Waals surface area contributed by atoms with E-state index in [0.29, 0.717) is 12.1 Å². The number of benzene rings is 2. The molecule has 32 heavy (non-hydrogen) atoms. The Bertz CT molecular complexity index is 1020. The fourth-order valence-electron chi connectivity index (χ4n) is 4.17. The van der Waals surface area contributed by atoms with Crippen LogP contribution >= 0.6 is 0 Å². The van der Waals surface area contributed by atoms with Gasteiger partial charge in [0.25, 0.3) is 0 Å². The van der Waals surface area contributed by atoms with Crippen molar-refractivity contribution in [3.05, 3.63) is 77.4 Å². The van der Waals surface area contributed by atoms with Crippen LogP contribution in [0.15, 0.2) is 54.6 Å². The van der Waals surface area contributed by atoms with Crippen LogP contribution in [-0.2, 0) is 14.3 Å². The highest BCUT2D eigenvalue weighted by Crippen LogP contribution is 2.39. The largest absolute Gasteiger partial charge is 0.469 e. The van der Waals surface area contributed by atoms with Crippen LogP contribution in [0.2, 0.25) is 0 Å². The van der Waals surface area contributed by atoms with Crippen LogP contribution in [0.1, 0.15) is 36.4 Å². The molecule has 0 saturated heterocycles. The van der Waals surface area contributed by atoms with Crippen LogP contribution < -0.4 is 5.32 Å². The van der Waals surface area contributed by atoms with Crippen LogP contribution in [0.3, 0.4) is 0 Å². The van der Waals surface area contributed by atoms with Gasteiger partial charge in [0.1, 0.15) is 11.6 Å². The lowest BCUT2D eigenvalue weighted by atomic mass is 10.0. The van der Waals surface area contributed by atoms with Crippen LogP contribution in [0.4, 0.5) is 8.78 Å². The quantitative estimate of drug-likeness (QED) is 0.634. The van der Waals surface area contributed by atoms with Crippen LogP contribution in [-0.4, -0.2) is 43.0 Å². The molecule has 1 amide bonds. The first-order valence-corrected chi connectivity index (χ1v) is 10.8. The molecule has 4 rings (SSSR count). The third-order valence-corrected chi connectivity index (χ3v) is 6.01. The fourth-order valence-corrected chi connectivity index (χ4v) is 4.17. The van der Waals surface area contributed by atoms with Gasteiger partial charge >= 0.3 is 5.97 Å². The number of esters is 1. The molecule has 7 heteroatoms. The number of carbonyl (C=O) groups is 2. The van der Waals surface area contributed by atoms with E-state index in [-0.39, 0.29) is 42.4 Å². The lowest BCUT2D eigenvalue weighted by molar-refractivity contribution is -0.141. The predicted molar refractivity (Wildman–Crippen MR) is 116 cm³/mol. The smallest absolute Gasteiger partial charge is 0.306 e. The molecule has 0 radical (unpaired) electrons. The summed E-state index contributed by atoms with van der Waals surface area (Å²) >= 11 is 0. The molecule has 1 heterocycles. The van der Waals surface area contributed by atoms with Crippen molar-refractivity contribution in [2.45, 2.75) is 31.3 Å². The maximum absolute atomic E-state index is 14.5. The molecule has 0 bridgehead atoms. The van der Waals surface area contributed by atoms with E-state index >= 15 is 0 Å². The van der Waals surface area contributed by atoms with Crippen molar-refractivity contribution in [1.82, 2.24) is 10.2 Å². The zero-order valence-electron chi connectivity index (χ0n) is 17.9. The SMILES string of the molecule is COC(=O)CCN[C@H](C(=O)N1CC(c2cc(F)ccc2F)=C[C@H]1c1ccccc1)C1CC1. The molecule has 2 aromatic carbocycles. The number of nitrogens with zero attached hydrogens (tertiary/aromatic N) is 1. The van der Waals surface area contributed by atoms with Gasteiger partial charge in [-0.15, -0.1) is 0 Å². The zero-order chi connectivity index (χ0) is 22.7. The number of nitrogens with one attached hydrogen (secondary N) is 1. The monoisotopic (exact) mass is 440 g/mol. The molecule has 2 aromatic rings. The van der Waals surface area contributed by atoms with Gasteiger partial charge in [0.05, 0.1) is 25.6 Å². The number of amides is 1. The lowest BCUT2D eigenvalue weighted by Crippen LogP contribution is -2.48. The summed E-state index contributed by atoms with van der Waals surface area (Å²) in [6.45, 7) is 0.517. The third-order valence-electron chi connectivity index (χ3n) is 6.01. The molecule has 0 unspecified atom stereocenters. The Balaban J connectivity index is 1.60. The van der Waals surface area contributed by atoms with Crippen molar-refractivity contribution in [3.8, 4) is 0 Å². The van der Waals surface area contributed by atoms with Gasteiger partial charge in [-0.1, -0.05) is 36.4 Å². The highest BCUT2D eigenvalue weighted by molar-refractivity contribution is 5.87. The summed E-state index contributed by atoms with van der Waals surface area (Å²) in [4.78, 5) is 26.8. The average Bonchev–Trinajstić information content (AvgIpc) is 3.55. The van der Waals surface area contributed by atoms with Gasteiger partial charge < -0.3 is 15.0 Å². The predicted octanol–water partition coefficient (Wildman–Crippen LogP) is 3.86. The van der Waals surface area contributed by atoms with Crippen LogP contribution in [0.5, 0.6) is 0 Å². The Morgan fingerprint density at radius 3 is 2.59 bits per heavy atom. The summed E-state index contributed by atoms with van der Waals surface area (Å²) in [5.41, 5.74) is 1.65. The summed E-state index contributed by atoms with van der Waals surface area (Å²) in [7, 11) is 1.33. The molecule has 1 aliphatic carbocycles. The first-order valence-electron chi connectivity index (χ1n) is 10.8. The third kappa shape index (κ3) is 4.88. The van der Waals surface area contributed by atoms with E-state index < -0.39 is 17.7 Å². The minimum atomic E-state index is -0.524. The molecular formula is C25H26F2N2O3. The molecule has 1 saturated carbocycles. The van der Waals surface area contributed by atoms with Gasteiger partial charge in [-0.05, 0) is 48.1 Å². The van der Waals surface area contributed by atoms with Crippen LogP contribution in [0.25, 0.3) is 5.57 Å². The van der Waals surface area contributed by atoms with E-state index in [9.17, 15) is 18.4 Å². The Labute approximate surface area is 186 Å². The van der Waals surface area contributed by atoms with Crippen molar-refractivity contribution in [3.63, 3.8) is 0 Å². The molecule has 168 valence electrons. The summed E-state index contributed by atoms with van der Waals surface area (Å²) in [5.74, 6) is -1.29. The molecule has 0 aromatic heterocycles. The summed E-state index contributed by atoms with van der Waals surface area (Å²) < 4.78 is 33.0. The van der Waals surface area contributed by atoms with E-state index in [1.165, 1.54) is 13.2 Å². The second-order valence-electron chi connectivity index (χ2n) is 8.23. The Morgan fingerprint density at radius 2 is 1.91 bits per heavy atom. The van der Waals surface area contributed by atoms with E-state index in [0.717, 1.165) is 30.5 Å². The number of methoxy groups -OCH3 is 1. The zero-order valence-corrected chi connectivity index (χ0v) is 17.9. The number of hydrogen-bond acceptors (Lipinski definition) is 4. The molecule has 1 fully saturated rings. The topological polar surface area (TPSA) is 58.6 Å². The van der Waals surface area contributed by atoms with Gasteiger partial charge in [-0.25, -0.2) is 8.78 Å². The standard InChI is InChI=1S/C25H26F2N2O3/c1-32-23(30)11-12-28-24(17-7-8-17)25(31)29-15-18(20-14-19(26)9-10-21(20)27)13-22(29)16-5-3-2-4-6-16/h2-6,9-10,13-14,17,22,24,28H,7-8,11-12,15H2,1H3/t22-,24-/m0/s1. The van der Waals surface area contributed by atoms with Crippen molar-refractivity contribution >= 4 is 17.4 Å². The number of halogens is 2. The number of rotatable bonds is 8. The summed E-state index contributed by atoms with van der Waals surface area (Å²) in [6, 6.07) is 12.1. The maximum atomic E-state index is 14.5. The van der Waals surface area contributed by atoms with Gasteiger partial charge in [-0.2, -0.15) is 0 Å².